The van der Waals surface area contributed by atoms with Gasteiger partial charge in [-0.1, -0.05) is 15.9 Å². The van der Waals surface area contributed by atoms with E-state index in [2.05, 4.69) is 60.4 Å². The Kier molecular flexibility index (Phi) is 4.24. The molecule has 2 heterocycles. The summed E-state index contributed by atoms with van der Waals surface area (Å²) in [4.78, 5) is 20.9. The van der Waals surface area contributed by atoms with Crippen molar-refractivity contribution in [2.45, 2.75) is 6.42 Å². The zero-order chi connectivity index (χ0) is 14.7. The second-order valence-corrected chi connectivity index (χ2v) is 6.17. The highest BCUT2D eigenvalue weighted by atomic mass is 79.9. The predicted molar refractivity (Wildman–Crippen MR) is 85.4 cm³/mol. The van der Waals surface area contributed by atoms with E-state index in [-0.39, 0.29) is 5.91 Å². The van der Waals surface area contributed by atoms with Gasteiger partial charge in [-0.3, -0.25) is 4.79 Å². The highest BCUT2D eigenvalue weighted by Gasteiger charge is 2.23. The topological polar surface area (TPSA) is 61.0 Å². The van der Waals surface area contributed by atoms with Crippen LogP contribution in [-0.2, 0) is 0 Å². The lowest BCUT2D eigenvalue weighted by molar-refractivity contribution is 0.0944. The number of rotatable bonds is 4. The first-order valence-electron chi connectivity index (χ1n) is 6.99. The van der Waals surface area contributed by atoms with Crippen molar-refractivity contribution in [3.05, 3.63) is 47.0 Å². The first kappa shape index (κ1) is 14.1. The van der Waals surface area contributed by atoms with Crippen molar-refractivity contribution < 1.29 is 4.79 Å². The molecule has 0 saturated carbocycles. The van der Waals surface area contributed by atoms with Gasteiger partial charge in [0.2, 0.25) is 0 Å². The minimum atomic E-state index is -0.0883. The molecule has 2 aromatic rings. The average molecular weight is 349 g/mol. The van der Waals surface area contributed by atoms with Gasteiger partial charge in [0, 0.05) is 29.8 Å². The largest absolute Gasteiger partial charge is 0.371 e. The third-order valence-electron chi connectivity index (χ3n) is 3.77. The number of carbonyl (C=O) groups excluding carboxylic acids is 1. The zero-order valence-electron chi connectivity index (χ0n) is 11.6. The lowest BCUT2D eigenvalue weighted by atomic mass is 10.1. The molecule has 3 rings (SSSR count). The van der Waals surface area contributed by atoms with Gasteiger partial charge in [0.15, 0.2) is 0 Å². The van der Waals surface area contributed by atoms with Crippen LogP contribution in [0.3, 0.4) is 0 Å². The Morgan fingerprint density at radius 1 is 1.43 bits per heavy atom. The molecule has 6 heteroatoms. The third-order valence-corrected chi connectivity index (χ3v) is 4.30. The summed E-state index contributed by atoms with van der Waals surface area (Å²) in [5.41, 5.74) is 1.75. The Morgan fingerprint density at radius 2 is 2.24 bits per heavy atom. The first-order chi connectivity index (χ1) is 10.2. The molecule has 0 aliphatic carbocycles. The van der Waals surface area contributed by atoms with Crippen LogP contribution < -0.4 is 10.2 Å². The molecule has 2 N–H and O–H groups in total. The molecule has 1 saturated heterocycles. The maximum Gasteiger partial charge on any atom is 0.269 e. The monoisotopic (exact) mass is 348 g/mol. The van der Waals surface area contributed by atoms with E-state index in [1.165, 1.54) is 18.2 Å². The highest BCUT2D eigenvalue weighted by molar-refractivity contribution is 9.10. The summed E-state index contributed by atoms with van der Waals surface area (Å²) in [6.45, 7) is 2.71. The van der Waals surface area contributed by atoms with E-state index in [1.54, 1.807) is 0 Å². The Balaban J connectivity index is 1.51. The Morgan fingerprint density at radius 3 is 2.95 bits per heavy atom. The van der Waals surface area contributed by atoms with Crippen molar-refractivity contribution in [1.82, 2.24) is 15.3 Å². The number of H-pyrrole nitrogens is 1. The van der Waals surface area contributed by atoms with E-state index in [0.717, 1.165) is 24.0 Å². The zero-order valence-corrected chi connectivity index (χ0v) is 13.1. The number of imidazole rings is 1. The number of hydrogen-bond donors (Lipinski definition) is 2. The van der Waals surface area contributed by atoms with Gasteiger partial charge < -0.3 is 15.2 Å². The Bertz CT molecular complexity index is 597. The molecule has 1 aromatic carbocycles. The molecule has 1 aliphatic rings. The van der Waals surface area contributed by atoms with Crippen molar-refractivity contribution in [3.63, 3.8) is 0 Å². The van der Waals surface area contributed by atoms with Crippen molar-refractivity contribution in [2.75, 3.05) is 24.5 Å². The van der Waals surface area contributed by atoms with Gasteiger partial charge in [-0.2, -0.15) is 0 Å². The van der Waals surface area contributed by atoms with Gasteiger partial charge in [0.25, 0.3) is 5.91 Å². The maximum absolute atomic E-state index is 11.9. The van der Waals surface area contributed by atoms with Crippen LogP contribution in [0.25, 0.3) is 0 Å². The molecule has 1 unspecified atom stereocenters. The van der Waals surface area contributed by atoms with Crippen molar-refractivity contribution in [2.24, 2.45) is 5.92 Å². The van der Waals surface area contributed by atoms with E-state index in [0.29, 0.717) is 18.2 Å². The Labute approximate surface area is 131 Å². The van der Waals surface area contributed by atoms with E-state index >= 15 is 0 Å². The molecule has 1 aliphatic heterocycles. The van der Waals surface area contributed by atoms with Crippen molar-refractivity contribution >= 4 is 27.5 Å². The maximum atomic E-state index is 11.9. The molecule has 1 atom stereocenters. The molecule has 21 heavy (non-hydrogen) atoms. The van der Waals surface area contributed by atoms with Crippen LogP contribution in [0.5, 0.6) is 0 Å². The number of aromatic nitrogens is 2. The Hall–Kier alpha value is -1.82. The van der Waals surface area contributed by atoms with Gasteiger partial charge in [0.05, 0.1) is 12.5 Å². The van der Waals surface area contributed by atoms with Crippen molar-refractivity contribution in [3.8, 4) is 0 Å². The van der Waals surface area contributed by atoms with Crippen LogP contribution in [0.1, 0.15) is 16.9 Å². The average Bonchev–Trinajstić information content (AvgIpc) is 3.17. The minimum absolute atomic E-state index is 0.0883. The molecule has 0 spiro atoms. The second-order valence-electron chi connectivity index (χ2n) is 5.25. The quantitative estimate of drug-likeness (QED) is 0.891. The van der Waals surface area contributed by atoms with Gasteiger partial charge in [0.1, 0.15) is 5.69 Å². The fourth-order valence-electron chi connectivity index (χ4n) is 2.60. The molecule has 1 fully saturated rings. The van der Waals surface area contributed by atoms with Gasteiger partial charge in [-0.15, -0.1) is 0 Å². The van der Waals surface area contributed by atoms with Crippen molar-refractivity contribution in [1.29, 1.82) is 0 Å². The highest BCUT2D eigenvalue weighted by Crippen LogP contribution is 2.24. The number of anilines is 1. The summed E-state index contributed by atoms with van der Waals surface area (Å²) in [5, 5.41) is 2.96. The number of carbonyl (C=O) groups is 1. The summed E-state index contributed by atoms with van der Waals surface area (Å²) in [5.74, 6) is 0.398. The number of hydrogen-bond acceptors (Lipinski definition) is 3. The summed E-state index contributed by atoms with van der Waals surface area (Å²) < 4.78 is 1.09. The van der Waals surface area contributed by atoms with Crippen LogP contribution in [-0.4, -0.2) is 35.5 Å². The van der Waals surface area contributed by atoms with Gasteiger partial charge in [-0.05, 0) is 36.6 Å². The van der Waals surface area contributed by atoms with E-state index in [9.17, 15) is 4.79 Å². The van der Waals surface area contributed by atoms with Crippen LogP contribution in [0.2, 0.25) is 0 Å². The molecule has 1 amide bonds. The molecular formula is C15H17BrN4O. The SMILES string of the molecule is O=C(NCC1CCN(c2ccc(Br)cc2)C1)c1cnc[nH]1. The van der Waals surface area contributed by atoms with E-state index in [1.807, 2.05) is 0 Å². The molecule has 5 nitrogen and oxygen atoms in total. The fraction of sp³-hybridized carbons (Fsp3) is 0.333. The summed E-state index contributed by atoms with van der Waals surface area (Å²) >= 11 is 3.45. The van der Waals surface area contributed by atoms with Gasteiger partial charge >= 0.3 is 0 Å². The molecular weight excluding hydrogens is 332 g/mol. The van der Waals surface area contributed by atoms with Gasteiger partial charge in [-0.25, -0.2) is 4.98 Å². The smallest absolute Gasteiger partial charge is 0.269 e. The predicted octanol–water partition coefficient (Wildman–Crippen LogP) is 2.43. The molecule has 1 aromatic heterocycles. The molecule has 110 valence electrons. The number of nitrogens with zero attached hydrogens (tertiary/aromatic N) is 2. The normalized spacial score (nSPS) is 18.0. The molecule has 0 bridgehead atoms. The molecule has 0 radical (unpaired) electrons. The minimum Gasteiger partial charge on any atom is -0.371 e. The first-order valence-corrected chi connectivity index (χ1v) is 7.79. The number of nitrogens with one attached hydrogen (secondary N) is 2. The lowest BCUT2D eigenvalue weighted by Crippen LogP contribution is -2.31. The number of benzene rings is 1. The van der Waals surface area contributed by atoms with Crippen LogP contribution in [0.4, 0.5) is 5.69 Å². The summed E-state index contributed by atoms with van der Waals surface area (Å²) in [6.07, 6.45) is 4.15. The van der Waals surface area contributed by atoms with Crippen LogP contribution >= 0.6 is 15.9 Å². The fourth-order valence-corrected chi connectivity index (χ4v) is 2.86. The van der Waals surface area contributed by atoms with E-state index in [4.69, 9.17) is 0 Å². The lowest BCUT2D eigenvalue weighted by Gasteiger charge is -2.19. The number of amides is 1. The standard InChI is InChI=1S/C15H17BrN4O/c16-12-1-3-13(4-2-12)20-6-5-11(9-20)7-18-15(21)14-8-17-10-19-14/h1-4,8,10-11H,5-7,9H2,(H,17,19)(H,18,21). The second kappa shape index (κ2) is 6.30. The van der Waals surface area contributed by atoms with E-state index < -0.39 is 0 Å². The third kappa shape index (κ3) is 3.44. The van der Waals surface area contributed by atoms with Crippen LogP contribution in [0.15, 0.2) is 41.3 Å². The summed E-state index contributed by atoms with van der Waals surface area (Å²) in [7, 11) is 0. The number of aromatic amines is 1. The van der Waals surface area contributed by atoms with Crippen LogP contribution in [0, 0.1) is 5.92 Å². The number of halogens is 1. The summed E-state index contributed by atoms with van der Waals surface area (Å²) in [6, 6.07) is 8.36.